The van der Waals surface area contributed by atoms with Crippen LogP contribution in [0.15, 0.2) is 48.5 Å². The fourth-order valence-corrected chi connectivity index (χ4v) is 4.25. The van der Waals surface area contributed by atoms with Crippen molar-refractivity contribution in [2.24, 2.45) is 0 Å². The van der Waals surface area contributed by atoms with Crippen LogP contribution in [0.25, 0.3) is 0 Å². The van der Waals surface area contributed by atoms with Gasteiger partial charge in [0.15, 0.2) is 0 Å². The molecule has 2 aliphatic heterocycles. The number of amides is 2. The van der Waals surface area contributed by atoms with Gasteiger partial charge in [0.25, 0.3) is 5.91 Å². The maximum absolute atomic E-state index is 12.8. The van der Waals surface area contributed by atoms with Gasteiger partial charge in [-0.1, -0.05) is 18.2 Å². The number of nitrogens with zero attached hydrogens (tertiary/aromatic N) is 2. The van der Waals surface area contributed by atoms with Gasteiger partial charge >= 0.3 is 0 Å². The van der Waals surface area contributed by atoms with Gasteiger partial charge in [-0.25, -0.2) is 0 Å². The standard InChI is InChI=1S/C24H29N3O5/c1-26(2)17-9-7-16(8-10-17)24(31)25-14-20-23(30)22(29)19(32-20)13-21(28)27-12-11-15-5-3-4-6-18(15)27/h3-10,19-20,22-23,29-30H,11-14H2,1-2H3,(H,25,31)/t19-,20+,22-,23+/m0/s1. The van der Waals surface area contributed by atoms with E-state index < -0.39 is 24.4 Å². The number of aliphatic hydroxyl groups excluding tert-OH is 2. The highest BCUT2D eigenvalue weighted by molar-refractivity contribution is 5.96. The normalized spacial score (nSPS) is 24.3. The average Bonchev–Trinajstić information content (AvgIpc) is 3.34. The molecule has 1 fully saturated rings. The van der Waals surface area contributed by atoms with E-state index in [0.29, 0.717) is 12.1 Å². The number of benzene rings is 2. The molecule has 2 amide bonds. The van der Waals surface area contributed by atoms with E-state index >= 15 is 0 Å². The number of fused-ring (bicyclic) bond motifs is 1. The van der Waals surface area contributed by atoms with Gasteiger partial charge in [0, 0.05) is 44.1 Å². The van der Waals surface area contributed by atoms with Crippen LogP contribution in [0.3, 0.4) is 0 Å². The Bertz CT molecular complexity index is 978. The molecule has 2 aromatic carbocycles. The van der Waals surface area contributed by atoms with Crippen molar-refractivity contribution in [3.63, 3.8) is 0 Å². The lowest BCUT2D eigenvalue weighted by Gasteiger charge is -2.21. The molecule has 32 heavy (non-hydrogen) atoms. The van der Waals surface area contributed by atoms with Gasteiger partial charge < -0.3 is 30.1 Å². The molecule has 0 spiro atoms. The maximum atomic E-state index is 12.8. The SMILES string of the molecule is CN(C)c1ccc(C(=O)NC[C@H]2O[C@@H](CC(=O)N3CCc4ccccc43)[C@H](O)[C@@H]2O)cc1. The molecule has 1 saturated heterocycles. The Kier molecular flexibility index (Phi) is 6.45. The highest BCUT2D eigenvalue weighted by Gasteiger charge is 2.44. The Balaban J connectivity index is 1.32. The Morgan fingerprint density at radius 2 is 1.75 bits per heavy atom. The van der Waals surface area contributed by atoms with Crippen LogP contribution >= 0.6 is 0 Å². The minimum atomic E-state index is -1.20. The first-order chi connectivity index (χ1) is 15.3. The lowest BCUT2D eigenvalue weighted by atomic mass is 10.0. The third kappa shape index (κ3) is 4.48. The summed E-state index contributed by atoms with van der Waals surface area (Å²) in [6.45, 7) is 0.624. The molecule has 3 N–H and O–H groups in total. The van der Waals surface area contributed by atoms with Crippen LogP contribution in [0.1, 0.15) is 22.3 Å². The van der Waals surface area contributed by atoms with Crippen molar-refractivity contribution in [1.82, 2.24) is 5.32 Å². The fourth-order valence-electron chi connectivity index (χ4n) is 4.25. The van der Waals surface area contributed by atoms with Gasteiger partial charge in [0.2, 0.25) is 5.91 Å². The Morgan fingerprint density at radius 1 is 1.06 bits per heavy atom. The second-order valence-corrected chi connectivity index (χ2v) is 8.47. The van der Waals surface area contributed by atoms with Crippen molar-refractivity contribution < 1.29 is 24.5 Å². The Labute approximate surface area is 187 Å². The number of anilines is 2. The van der Waals surface area contributed by atoms with Gasteiger partial charge in [-0.15, -0.1) is 0 Å². The first-order valence-corrected chi connectivity index (χ1v) is 10.8. The molecular formula is C24H29N3O5. The second kappa shape index (κ2) is 9.28. The van der Waals surface area contributed by atoms with E-state index in [1.807, 2.05) is 55.4 Å². The molecule has 8 nitrogen and oxygen atoms in total. The number of carbonyl (C=O) groups excluding carboxylic acids is 2. The lowest BCUT2D eigenvalue weighted by Crippen LogP contribution is -2.40. The highest BCUT2D eigenvalue weighted by Crippen LogP contribution is 2.30. The van der Waals surface area contributed by atoms with Gasteiger partial charge in [0.05, 0.1) is 12.5 Å². The van der Waals surface area contributed by atoms with Gasteiger partial charge in [-0.2, -0.15) is 0 Å². The molecule has 170 valence electrons. The zero-order valence-corrected chi connectivity index (χ0v) is 18.3. The maximum Gasteiger partial charge on any atom is 0.251 e. The fraction of sp³-hybridized carbons (Fsp3) is 0.417. The zero-order valence-electron chi connectivity index (χ0n) is 18.3. The van der Waals surface area contributed by atoms with E-state index in [4.69, 9.17) is 4.74 Å². The largest absolute Gasteiger partial charge is 0.388 e. The molecule has 0 aliphatic carbocycles. The van der Waals surface area contributed by atoms with E-state index in [1.165, 1.54) is 0 Å². The summed E-state index contributed by atoms with van der Waals surface area (Å²) in [6.07, 6.45) is -3.25. The molecule has 0 radical (unpaired) electrons. The summed E-state index contributed by atoms with van der Waals surface area (Å²) in [4.78, 5) is 28.9. The summed E-state index contributed by atoms with van der Waals surface area (Å²) >= 11 is 0. The van der Waals surface area contributed by atoms with Crippen LogP contribution in [0.5, 0.6) is 0 Å². The molecular weight excluding hydrogens is 410 g/mol. The first-order valence-electron chi connectivity index (χ1n) is 10.8. The quantitative estimate of drug-likeness (QED) is 0.620. The molecule has 4 rings (SSSR count). The molecule has 8 heteroatoms. The minimum absolute atomic E-state index is 0.0315. The van der Waals surface area contributed by atoms with Crippen LogP contribution in [0, 0.1) is 0 Å². The zero-order chi connectivity index (χ0) is 22.8. The number of hydrogen-bond acceptors (Lipinski definition) is 6. The van der Waals surface area contributed by atoms with E-state index in [-0.39, 0.29) is 24.8 Å². The van der Waals surface area contributed by atoms with Crippen molar-refractivity contribution in [2.45, 2.75) is 37.3 Å². The van der Waals surface area contributed by atoms with Crippen molar-refractivity contribution in [1.29, 1.82) is 0 Å². The molecule has 2 aromatic rings. The molecule has 4 atom stereocenters. The predicted molar refractivity (Wildman–Crippen MR) is 121 cm³/mol. The Hall–Kier alpha value is -2.94. The van der Waals surface area contributed by atoms with Gasteiger partial charge in [-0.3, -0.25) is 9.59 Å². The Morgan fingerprint density at radius 3 is 2.47 bits per heavy atom. The predicted octanol–water partition coefficient (Wildman–Crippen LogP) is 0.951. The summed E-state index contributed by atoms with van der Waals surface area (Å²) in [5, 5.41) is 23.5. The van der Waals surface area contributed by atoms with Crippen LogP contribution in [0.4, 0.5) is 11.4 Å². The first kappa shape index (κ1) is 22.3. The molecule has 2 aliphatic rings. The van der Waals surface area contributed by atoms with E-state index in [9.17, 15) is 19.8 Å². The number of carbonyl (C=O) groups is 2. The summed E-state index contributed by atoms with van der Waals surface area (Å²) < 4.78 is 5.77. The highest BCUT2D eigenvalue weighted by atomic mass is 16.5. The van der Waals surface area contributed by atoms with Crippen LogP contribution in [-0.4, -0.2) is 73.6 Å². The molecule has 0 saturated carbocycles. The third-order valence-corrected chi connectivity index (χ3v) is 6.14. The number of aliphatic hydroxyl groups is 2. The summed E-state index contributed by atoms with van der Waals surface area (Å²) in [5.41, 5.74) is 3.47. The summed E-state index contributed by atoms with van der Waals surface area (Å²) in [7, 11) is 3.84. The smallest absolute Gasteiger partial charge is 0.251 e. The summed E-state index contributed by atoms with van der Waals surface area (Å²) in [6, 6.07) is 14.9. The number of nitrogens with one attached hydrogen (secondary N) is 1. The number of hydrogen-bond donors (Lipinski definition) is 3. The van der Waals surface area contributed by atoms with Crippen molar-refractivity contribution >= 4 is 23.2 Å². The van der Waals surface area contributed by atoms with Crippen LogP contribution in [0.2, 0.25) is 0 Å². The monoisotopic (exact) mass is 439 g/mol. The topological polar surface area (TPSA) is 102 Å². The third-order valence-electron chi connectivity index (χ3n) is 6.14. The van der Waals surface area contributed by atoms with Gasteiger partial charge in [0.1, 0.15) is 18.3 Å². The molecule has 2 heterocycles. The van der Waals surface area contributed by atoms with Crippen molar-refractivity contribution in [2.75, 3.05) is 37.0 Å². The molecule has 0 unspecified atom stereocenters. The van der Waals surface area contributed by atoms with E-state index in [0.717, 1.165) is 23.4 Å². The molecule has 0 aromatic heterocycles. The number of para-hydroxylation sites is 1. The van der Waals surface area contributed by atoms with E-state index in [1.54, 1.807) is 17.0 Å². The van der Waals surface area contributed by atoms with Crippen molar-refractivity contribution in [3.05, 3.63) is 59.7 Å². The molecule has 0 bridgehead atoms. The van der Waals surface area contributed by atoms with Crippen LogP contribution < -0.4 is 15.1 Å². The minimum Gasteiger partial charge on any atom is -0.388 e. The number of rotatable bonds is 6. The summed E-state index contributed by atoms with van der Waals surface area (Å²) in [5.74, 6) is -0.453. The average molecular weight is 440 g/mol. The van der Waals surface area contributed by atoms with Gasteiger partial charge in [-0.05, 0) is 42.3 Å². The number of ether oxygens (including phenoxy) is 1. The van der Waals surface area contributed by atoms with Crippen LogP contribution in [-0.2, 0) is 16.0 Å². The van der Waals surface area contributed by atoms with Crippen molar-refractivity contribution in [3.8, 4) is 0 Å². The lowest BCUT2D eigenvalue weighted by molar-refractivity contribution is -0.122. The van der Waals surface area contributed by atoms with E-state index in [2.05, 4.69) is 5.32 Å². The second-order valence-electron chi connectivity index (χ2n) is 8.47.